The molecule has 0 atom stereocenters. The Labute approximate surface area is 133 Å². The number of carbonyl (C=O) groups is 1. The van der Waals surface area contributed by atoms with E-state index in [1.165, 1.54) is 6.21 Å². The van der Waals surface area contributed by atoms with Crippen molar-refractivity contribution < 1.29 is 9.53 Å². The summed E-state index contributed by atoms with van der Waals surface area (Å²) < 4.78 is 5.48. The molecule has 0 radical (unpaired) electrons. The van der Waals surface area contributed by atoms with E-state index in [0.717, 1.165) is 16.3 Å². The van der Waals surface area contributed by atoms with Gasteiger partial charge in [-0.25, -0.2) is 5.43 Å². The second-order valence-electron chi connectivity index (χ2n) is 4.88. The molecular weight excluding hydrogens is 290 g/mol. The molecule has 0 saturated carbocycles. The summed E-state index contributed by atoms with van der Waals surface area (Å²) in [5.74, 6) is 0.327. The van der Waals surface area contributed by atoms with E-state index in [1.807, 2.05) is 48.5 Å². The van der Waals surface area contributed by atoms with Crippen molar-refractivity contribution in [2.75, 3.05) is 6.61 Å². The lowest BCUT2D eigenvalue weighted by molar-refractivity contribution is -0.123. The summed E-state index contributed by atoms with van der Waals surface area (Å²) >= 11 is 0. The molecule has 0 aliphatic carbocycles. The van der Waals surface area contributed by atoms with Crippen LogP contribution < -0.4 is 10.2 Å². The Morgan fingerprint density at radius 2 is 2.00 bits per heavy atom. The molecule has 0 aliphatic rings. The third-order valence-electron chi connectivity index (χ3n) is 3.18. The summed E-state index contributed by atoms with van der Waals surface area (Å²) in [7, 11) is 0. The maximum absolute atomic E-state index is 11.7. The predicted molar refractivity (Wildman–Crippen MR) is 89.4 cm³/mol. The average Bonchev–Trinajstić information content (AvgIpc) is 2.61. The number of aromatic nitrogens is 1. The SMILES string of the molecule is O=C(COc1ccc2ccccc2c1)N/N=C/c1cccnc1. The summed E-state index contributed by atoms with van der Waals surface area (Å²) in [4.78, 5) is 15.7. The lowest BCUT2D eigenvalue weighted by Crippen LogP contribution is -2.24. The molecule has 0 unspecified atom stereocenters. The van der Waals surface area contributed by atoms with Gasteiger partial charge in [0, 0.05) is 18.0 Å². The lowest BCUT2D eigenvalue weighted by Gasteiger charge is -2.06. The van der Waals surface area contributed by atoms with Gasteiger partial charge in [0.15, 0.2) is 6.61 Å². The molecule has 23 heavy (non-hydrogen) atoms. The van der Waals surface area contributed by atoms with E-state index in [2.05, 4.69) is 15.5 Å². The minimum atomic E-state index is -0.321. The number of hydrogen-bond acceptors (Lipinski definition) is 4. The van der Waals surface area contributed by atoms with E-state index < -0.39 is 0 Å². The Morgan fingerprint density at radius 3 is 2.83 bits per heavy atom. The first-order chi connectivity index (χ1) is 11.3. The molecule has 1 aromatic heterocycles. The number of nitrogens with one attached hydrogen (secondary N) is 1. The van der Waals surface area contributed by atoms with Gasteiger partial charge in [-0.15, -0.1) is 0 Å². The van der Waals surface area contributed by atoms with Crippen molar-refractivity contribution in [3.63, 3.8) is 0 Å². The molecule has 5 heteroatoms. The number of fused-ring (bicyclic) bond motifs is 1. The maximum Gasteiger partial charge on any atom is 0.277 e. The Hall–Kier alpha value is -3.21. The van der Waals surface area contributed by atoms with E-state index in [0.29, 0.717) is 5.75 Å². The fraction of sp³-hybridized carbons (Fsp3) is 0.0556. The van der Waals surface area contributed by atoms with Crippen LogP contribution in [0.1, 0.15) is 5.56 Å². The zero-order chi connectivity index (χ0) is 15.9. The molecule has 3 aromatic rings. The van der Waals surface area contributed by atoms with Crippen molar-refractivity contribution in [1.82, 2.24) is 10.4 Å². The van der Waals surface area contributed by atoms with Crippen molar-refractivity contribution in [3.8, 4) is 5.75 Å². The van der Waals surface area contributed by atoms with Gasteiger partial charge in [0.05, 0.1) is 6.21 Å². The van der Waals surface area contributed by atoms with Crippen LogP contribution in [-0.4, -0.2) is 23.7 Å². The van der Waals surface area contributed by atoms with E-state index in [1.54, 1.807) is 18.5 Å². The number of amides is 1. The fourth-order valence-electron chi connectivity index (χ4n) is 2.07. The number of nitrogens with zero attached hydrogens (tertiary/aromatic N) is 2. The van der Waals surface area contributed by atoms with Gasteiger partial charge < -0.3 is 4.74 Å². The van der Waals surface area contributed by atoms with Crippen LogP contribution in [0.25, 0.3) is 10.8 Å². The fourth-order valence-corrected chi connectivity index (χ4v) is 2.07. The largest absolute Gasteiger partial charge is 0.484 e. The molecule has 5 nitrogen and oxygen atoms in total. The van der Waals surface area contributed by atoms with E-state index in [-0.39, 0.29) is 12.5 Å². The summed E-state index contributed by atoms with van der Waals surface area (Å²) in [6.45, 7) is -0.0945. The van der Waals surface area contributed by atoms with Crippen LogP contribution in [0.2, 0.25) is 0 Å². The van der Waals surface area contributed by atoms with E-state index >= 15 is 0 Å². The molecule has 0 bridgehead atoms. The summed E-state index contributed by atoms with van der Waals surface area (Å²) in [5, 5.41) is 6.06. The Bertz CT molecular complexity index is 832. The first-order valence-electron chi connectivity index (χ1n) is 7.15. The van der Waals surface area contributed by atoms with Crippen molar-refractivity contribution in [2.24, 2.45) is 5.10 Å². The van der Waals surface area contributed by atoms with Gasteiger partial charge in [-0.2, -0.15) is 5.10 Å². The highest BCUT2D eigenvalue weighted by Crippen LogP contribution is 2.20. The van der Waals surface area contributed by atoms with Crippen LogP contribution in [-0.2, 0) is 4.79 Å². The topological polar surface area (TPSA) is 63.6 Å². The minimum Gasteiger partial charge on any atom is -0.484 e. The monoisotopic (exact) mass is 305 g/mol. The zero-order valence-corrected chi connectivity index (χ0v) is 12.3. The van der Waals surface area contributed by atoms with Gasteiger partial charge in [-0.05, 0) is 29.0 Å². The average molecular weight is 305 g/mol. The molecule has 1 amide bonds. The Balaban J connectivity index is 1.52. The van der Waals surface area contributed by atoms with Crippen molar-refractivity contribution in [2.45, 2.75) is 0 Å². The van der Waals surface area contributed by atoms with Gasteiger partial charge in [-0.3, -0.25) is 9.78 Å². The normalized spacial score (nSPS) is 10.8. The van der Waals surface area contributed by atoms with Gasteiger partial charge in [0.25, 0.3) is 5.91 Å². The molecule has 0 saturated heterocycles. The van der Waals surface area contributed by atoms with Gasteiger partial charge >= 0.3 is 0 Å². The van der Waals surface area contributed by atoms with Gasteiger partial charge in [-0.1, -0.05) is 36.4 Å². The van der Waals surface area contributed by atoms with E-state index in [4.69, 9.17) is 4.74 Å². The van der Waals surface area contributed by atoms with Crippen molar-refractivity contribution >= 4 is 22.9 Å². The first-order valence-corrected chi connectivity index (χ1v) is 7.15. The predicted octanol–water partition coefficient (Wildman–Crippen LogP) is 2.76. The summed E-state index contributed by atoms with van der Waals surface area (Å²) in [5.41, 5.74) is 3.22. The second-order valence-corrected chi connectivity index (χ2v) is 4.88. The number of pyridine rings is 1. The second kappa shape index (κ2) is 7.17. The maximum atomic E-state index is 11.7. The van der Waals surface area contributed by atoms with Crippen LogP contribution in [0.3, 0.4) is 0 Å². The lowest BCUT2D eigenvalue weighted by atomic mass is 10.1. The van der Waals surface area contributed by atoms with E-state index in [9.17, 15) is 4.79 Å². The van der Waals surface area contributed by atoms with Crippen molar-refractivity contribution in [3.05, 3.63) is 72.6 Å². The standard InChI is InChI=1S/C18H15N3O2/c22-18(21-20-12-14-4-3-9-19-11-14)13-23-17-8-7-15-5-1-2-6-16(15)10-17/h1-12H,13H2,(H,21,22)/b20-12+. The quantitative estimate of drug-likeness (QED) is 0.582. The number of hydrazone groups is 1. The van der Waals surface area contributed by atoms with Crippen LogP contribution >= 0.6 is 0 Å². The highest BCUT2D eigenvalue weighted by Gasteiger charge is 2.02. The number of hydrogen-bond donors (Lipinski definition) is 1. The van der Waals surface area contributed by atoms with Gasteiger partial charge in [0.2, 0.25) is 0 Å². The number of rotatable bonds is 5. The summed E-state index contributed by atoms with van der Waals surface area (Å²) in [6, 6.07) is 17.3. The molecule has 0 fully saturated rings. The molecule has 0 aliphatic heterocycles. The van der Waals surface area contributed by atoms with Crippen molar-refractivity contribution in [1.29, 1.82) is 0 Å². The van der Waals surface area contributed by atoms with Crippen LogP contribution in [0, 0.1) is 0 Å². The number of benzene rings is 2. The molecule has 3 rings (SSSR count). The molecule has 0 spiro atoms. The van der Waals surface area contributed by atoms with Gasteiger partial charge in [0.1, 0.15) is 5.75 Å². The molecule has 114 valence electrons. The third kappa shape index (κ3) is 4.14. The Morgan fingerprint density at radius 1 is 1.13 bits per heavy atom. The number of carbonyl (C=O) groups excluding carboxylic acids is 1. The highest BCUT2D eigenvalue weighted by molar-refractivity contribution is 5.84. The summed E-state index contributed by atoms with van der Waals surface area (Å²) in [6.07, 6.45) is 4.86. The van der Waals surface area contributed by atoms with Crippen LogP contribution in [0.15, 0.2) is 72.1 Å². The molecule has 2 aromatic carbocycles. The highest BCUT2D eigenvalue weighted by atomic mass is 16.5. The molecule has 1 heterocycles. The van der Waals surface area contributed by atoms with Crippen LogP contribution in [0.5, 0.6) is 5.75 Å². The zero-order valence-electron chi connectivity index (χ0n) is 12.3. The smallest absolute Gasteiger partial charge is 0.277 e. The number of ether oxygens (including phenoxy) is 1. The van der Waals surface area contributed by atoms with Crippen LogP contribution in [0.4, 0.5) is 0 Å². The Kier molecular flexibility index (Phi) is 4.59. The molecular formula is C18H15N3O2. The molecule has 1 N–H and O–H groups in total. The first kappa shape index (κ1) is 14.7. The third-order valence-corrected chi connectivity index (χ3v) is 3.18. The minimum absolute atomic E-state index is 0.0945.